The van der Waals surface area contributed by atoms with Crippen LogP contribution in [-0.2, 0) is 0 Å². The lowest BCUT2D eigenvalue weighted by molar-refractivity contribution is 0.194. The van der Waals surface area contributed by atoms with Crippen LogP contribution in [0.5, 0.6) is 0 Å². The monoisotopic (exact) mass is 280 g/mol. The Hall–Kier alpha value is -1.58. The summed E-state index contributed by atoms with van der Waals surface area (Å²) in [7, 11) is 1.76. The van der Waals surface area contributed by atoms with E-state index in [2.05, 4.69) is 19.2 Å². The van der Waals surface area contributed by atoms with Gasteiger partial charge in [-0.1, -0.05) is 26.0 Å². The molecule has 20 heavy (non-hydrogen) atoms. The topological polar surface area (TPSA) is 32.3 Å². The van der Waals surface area contributed by atoms with E-state index in [1.807, 2.05) is 6.92 Å². The highest BCUT2D eigenvalue weighted by atomic mass is 19.1. The standard InChI is InChI=1S/C16H25FN2O/c1-12(2)6-5-11-18-16(20)19(4)13(3)14-7-9-15(17)10-8-14/h7-10,12-13H,5-6,11H2,1-4H3,(H,18,20). The zero-order chi connectivity index (χ0) is 15.1. The van der Waals surface area contributed by atoms with E-state index in [4.69, 9.17) is 0 Å². The Morgan fingerprint density at radius 1 is 1.25 bits per heavy atom. The molecule has 0 saturated heterocycles. The summed E-state index contributed by atoms with van der Waals surface area (Å²) in [6.45, 7) is 6.97. The first kappa shape index (κ1) is 16.5. The molecule has 0 aliphatic carbocycles. The van der Waals surface area contributed by atoms with Crippen molar-refractivity contribution in [2.24, 2.45) is 5.92 Å². The fourth-order valence-electron chi connectivity index (χ4n) is 1.97. The Kier molecular flexibility index (Phi) is 6.49. The largest absolute Gasteiger partial charge is 0.338 e. The molecule has 1 N–H and O–H groups in total. The van der Waals surface area contributed by atoms with Crippen LogP contribution in [0.25, 0.3) is 0 Å². The molecule has 0 aromatic heterocycles. The van der Waals surface area contributed by atoms with E-state index in [0.29, 0.717) is 12.5 Å². The molecule has 0 spiro atoms. The smallest absolute Gasteiger partial charge is 0.317 e. The van der Waals surface area contributed by atoms with Gasteiger partial charge in [0.2, 0.25) is 0 Å². The number of hydrogen-bond donors (Lipinski definition) is 1. The Labute approximate surface area is 121 Å². The first-order chi connectivity index (χ1) is 9.41. The molecule has 1 rings (SSSR count). The van der Waals surface area contributed by atoms with Crippen molar-refractivity contribution in [2.75, 3.05) is 13.6 Å². The summed E-state index contributed by atoms with van der Waals surface area (Å²) in [5.41, 5.74) is 0.922. The maximum atomic E-state index is 12.9. The average molecular weight is 280 g/mol. The SMILES string of the molecule is CC(C)CCCNC(=O)N(C)C(C)c1ccc(F)cc1. The van der Waals surface area contributed by atoms with Gasteiger partial charge in [0.25, 0.3) is 0 Å². The number of carbonyl (C=O) groups is 1. The highest BCUT2D eigenvalue weighted by Crippen LogP contribution is 2.18. The van der Waals surface area contributed by atoms with Gasteiger partial charge in [0, 0.05) is 13.6 Å². The number of urea groups is 1. The molecule has 1 unspecified atom stereocenters. The molecular formula is C16H25FN2O. The van der Waals surface area contributed by atoms with E-state index in [1.54, 1.807) is 24.1 Å². The van der Waals surface area contributed by atoms with E-state index in [9.17, 15) is 9.18 Å². The van der Waals surface area contributed by atoms with Gasteiger partial charge in [-0.05, 0) is 43.4 Å². The maximum absolute atomic E-state index is 12.9. The van der Waals surface area contributed by atoms with Gasteiger partial charge in [-0.25, -0.2) is 9.18 Å². The summed E-state index contributed by atoms with van der Waals surface area (Å²) in [4.78, 5) is 13.7. The number of amides is 2. The van der Waals surface area contributed by atoms with Crippen LogP contribution in [0.15, 0.2) is 24.3 Å². The fraction of sp³-hybridized carbons (Fsp3) is 0.562. The summed E-state index contributed by atoms with van der Waals surface area (Å²) in [5.74, 6) is 0.393. The molecule has 0 saturated carbocycles. The Morgan fingerprint density at radius 3 is 2.40 bits per heavy atom. The van der Waals surface area contributed by atoms with Gasteiger partial charge < -0.3 is 10.2 Å². The van der Waals surface area contributed by atoms with Crippen molar-refractivity contribution >= 4 is 6.03 Å². The third-order valence-corrected chi connectivity index (χ3v) is 3.49. The number of nitrogens with zero attached hydrogens (tertiary/aromatic N) is 1. The number of rotatable bonds is 6. The minimum absolute atomic E-state index is 0.0827. The van der Waals surface area contributed by atoms with Crippen LogP contribution in [-0.4, -0.2) is 24.5 Å². The molecule has 3 nitrogen and oxygen atoms in total. The van der Waals surface area contributed by atoms with Gasteiger partial charge in [0.05, 0.1) is 6.04 Å². The van der Waals surface area contributed by atoms with Crippen LogP contribution < -0.4 is 5.32 Å². The first-order valence-corrected chi connectivity index (χ1v) is 7.18. The van der Waals surface area contributed by atoms with E-state index in [0.717, 1.165) is 18.4 Å². The van der Waals surface area contributed by atoms with Gasteiger partial charge in [0.15, 0.2) is 0 Å². The molecule has 0 radical (unpaired) electrons. The molecule has 1 atom stereocenters. The fourth-order valence-corrected chi connectivity index (χ4v) is 1.97. The molecule has 1 aromatic rings. The van der Waals surface area contributed by atoms with Gasteiger partial charge in [0.1, 0.15) is 5.82 Å². The third-order valence-electron chi connectivity index (χ3n) is 3.49. The zero-order valence-electron chi connectivity index (χ0n) is 12.8. The Bertz CT molecular complexity index is 417. The summed E-state index contributed by atoms with van der Waals surface area (Å²) >= 11 is 0. The van der Waals surface area contributed by atoms with Gasteiger partial charge in [-0.2, -0.15) is 0 Å². The molecule has 4 heteroatoms. The predicted molar refractivity (Wildman–Crippen MR) is 80.0 cm³/mol. The first-order valence-electron chi connectivity index (χ1n) is 7.18. The van der Waals surface area contributed by atoms with Crippen LogP contribution in [0.2, 0.25) is 0 Å². The molecule has 0 heterocycles. The lowest BCUT2D eigenvalue weighted by Crippen LogP contribution is -2.39. The van der Waals surface area contributed by atoms with Gasteiger partial charge in [-0.15, -0.1) is 0 Å². The minimum Gasteiger partial charge on any atom is -0.338 e. The lowest BCUT2D eigenvalue weighted by atomic mass is 10.1. The third kappa shape index (κ3) is 5.19. The zero-order valence-corrected chi connectivity index (χ0v) is 12.8. The normalized spacial score (nSPS) is 12.3. The summed E-state index contributed by atoms with van der Waals surface area (Å²) in [5, 5.41) is 2.91. The number of halogens is 1. The number of hydrogen-bond acceptors (Lipinski definition) is 1. The molecule has 112 valence electrons. The molecular weight excluding hydrogens is 255 g/mol. The second-order valence-electron chi connectivity index (χ2n) is 5.61. The summed E-state index contributed by atoms with van der Waals surface area (Å²) in [6.07, 6.45) is 2.10. The molecule has 0 aliphatic rings. The number of benzene rings is 1. The number of nitrogens with one attached hydrogen (secondary N) is 1. The van der Waals surface area contributed by atoms with Crippen molar-refractivity contribution in [3.63, 3.8) is 0 Å². The van der Waals surface area contributed by atoms with Crippen LogP contribution >= 0.6 is 0 Å². The van der Waals surface area contributed by atoms with Crippen molar-refractivity contribution < 1.29 is 9.18 Å². The van der Waals surface area contributed by atoms with Gasteiger partial charge in [-0.3, -0.25) is 0 Å². The van der Waals surface area contributed by atoms with Crippen molar-refractivity contribution in [2.45, 2.75) is 39.7 Å². The number of carbonyl (C=O) groups excluding carboxylic acids is 1. The Morgan fingerprint density at radius 2 is 1.85 bits per heavy atom. The molecule has 0 bridgehead atoms. The highest BCUT2D eigenvalue weighted by Gasteiger charge is 2.16. The summed E-state index contributed by atoms with van der Waals surface area (Å²) < 4.78 is 12.9. The Balaban J connectivity index is 2.45. The lowest BCUT2D eigenvalue weighted by Gasteiger charge is -2.25. The predicted octanol–water partition coefficient (Wildman–Crippen LogP) is 3.96. The van der Waals surface area contributed by atoms with Crippen molar-refractivity contribution in [3.05, 3.63) is 35.6 Å². The molecule has 0 fully saturated rings. The van der Waals surface area contributed by atoms with E-state index >= 15 is 0 Å². The molecule has 0 aliphatic heterocycles. The van der Waals surface area contributed by atoms with Crippen LogP contribution in [0.4, 0.5) is 9.18 Å². The highest BCUT2D eigenvalue weighted by molar-refractivity contribution is 5.74. The van der Waals surface area contributed by atoms with Crippen molar-refractivity contribution in [3.8, 4) is 0 Å². The molecule has 1 aromatic carbocycles. The minimum atomic E-state index is -0.262. The second-order valence-corrected chi connectivity index (χ2v) is 5.61. The van der Waals surface area contributed by atoms with Crippen molar-refractivity contribution in [1.82, 2.24) is 10.2 Å². The second kappa shape index (κ2) is 7.88. The average Bonchev–Trinajstić information content (AvgIpc) is 2.42. The van der Waals surface area contributed by atoms with E-state index in [1.165, 1.54) is 12.1 Å². The van der Waals surface area contributed by atoms with Crippen LogP contribution in [0, 0.1) is 11.7 Å². The maximum Gasteiger partial charge on any atom is 0.317 e. The van der Waals surface area contributed by atoms with Gasteiger partial charge >= 0.3 is 6.03 Å². The molecule has 2 amide bonds. The van der Waals surface area contributed by atoms with E-state index < -0.39 is 0 Å². The van der Waals surface area contributed by atoms with Crippen LogP contribution in [0.1, 0.15) is 45.2 Å². The summed E-state index contributed by atoms with van der Waals surface area (Å²) in [6, 6.07) is 6.08. The van der Waals surface area contributed by atoms with Crippen LogP contribution in [0.3, 0.4) is 0 Å². The quantitative estimate of drug-likeness (QED) is 0.786. The van der Waals surface area contributed by atoms with Crippen molar-refractivity contribution in [1.29, 1.82) is 0 Å². The van der Waals surface area contributed by atoms with E-state index in [-0.39, 0.29) is 17.9 Å².